The number of amides is 6. The van der Waals surface area contributed by atoms with E-state index in [4.69, 9.17) is 42.6 Å². The van der Waals surface area contributed by atoms with Crippen LogP contribution in [0, 0.1) is 63.6 Å². The Morgan fingerprint density at radius 2 is 0.778 bits per heavy atom. The largest absolute Gasteiger partial charge is 0.540 e. The van der Waals surface area contributed by atoms with Gasteiger partial charge in [-0.05, 0) is 184 Å². The number of nitrogens with zero attached hydrogens (tertiary/aromatic N) is 6. The van der Waals surface area contributed by atoms with Gasteiger partial charge in [0.25, 0.3) is 17.8 Å². The topological polar surface area (TPSA) is 321 Å². The average Bonchev–Trinajstić information content (AvgIpc) is 1.60. The molecule has 2 unspecified atom stereocenters. The fourth-order valence-corrected chi connectivity index (χ4v) is 20.5. The number of pyridine rings is 3. The molecule has 737 valence electrons. The second-order valence-corrected chi connectivity index (χ2v) is 41.5. The monoisotopic (exact) mass is 2000 g/mol. The second-order valence-electron chi connectivity index (χ2n) is 41.5. The maximum Gasteiger partial charge on any atom is 0.408 e. The number of alkyl halides is 6. The first kappa shape index (κ1) is 107. The number of benzene rings is 3. The Labute approximate surface area is 823 Å². The third kappa shape index (κ3) is 23.2. The number of ether oxygens (including phenoxy) is 9. The van der Waals surface area contributed by atoms with Gasteiger partial charge >= 0.3 is 18.3 Å². The predicted molar refractivity (Wildman–Crippen MR) is 480 cm³/mol. The van der Waals surface area contributed by atoms with Crippen molar-refractivity contribution in [2.24, 2.45) is 63.6 Å². The van der Waals surface area contributed by atoms with Gasteiger partial charge in [0.2, 0.25) is 35.4 Å². The van der Waals surface area contributed by atoms with Gasteiger partial charge in [0.1, 0.15) is 71.0 Å². The van der Waals surface area contributed by atoms with Crippen molar-refractivity contribution >= 4 is 87.6 Å². The fourth-order valence-electron chi connectivity index (χ4n) is 20.5. The summed E-state index contributed by atoms with van der Waals surface area (Å²) in [6, 6.07) is 13.2. The zero-order valence-corrected chi connectivity index (χ0v) is 83.8. The van der Waals surface area contributed by atoms with Crippen LogP contribution >= 0.6 is 0 Å². The summed E-state index contributed by atoms with van der Waals surface area (Å²) in [5.41, 5.74) is -3.38. The molecule has 3 radical (unpaired) electrons. The Bertz CT molecular complexity index is 5370. The minimum absolute atomic E-state index is 0. The number of halogens is 6. The van der Waals surface area contributed by atoms with E-state index in [2.05, 4.69) is 30.9 Å². The summed E-state index contributed by atoms with van der Waals surface area (Å²) in [6.07, 6.45) is 7.53. The third-order valence-corrected chi connectivity index (χ3v) is 29.0. The molecule has 36 heteroatoms. The Morgan fingerprint density at radius 1 is 0.444 bits per heavy atom. The van der Waals surface area contributed by atoms with Gasteiger partial charge in [-0.25, -0.2) is 74.5 Å². The Balaban J connectivity index is 0.000000226. The average molecular weight is 2000 g/mol. The number of methoxy groups -OCH3 is 3. The van der Waals surface area contributed by atoms with Crippen LogP contribution in [-0.4, -0.2) is 197 Å². The number of carbonyl (C=O) groups excluding carboxylic acids is 9. The minimum atomic E-state index is -3.26. The molecule has 3 saturated heterocycles. The van der Waals surface area contributed by atoms with Gasteiger partial charge in [-0.2, -0.15) is 0 Å². The van der Waals surface area contributed by atoms with Crippen molar-refractivity contribution in [2.45, 2.75) is 296 Å². The summed E-state index contributed by atoms with van der Waals surface area (Å²) >= 11 is 0. The van der Waals surface area contributed by atoms with Crippen LogP contribution in [-0.2, 0) is 116 Å². The molecule has 16 rings (SSSR count). The molecular formula is C99H128F6N9O18V3-3. The maximum absolute atomic E-state index is 16.1. The first-order valence-corrected chi connectivity index (χ1v) is 46.3. The van der Waals surface area contributed by atoms with Crippen LogP contribution in [0.5, 0.6) is 34.9 Å². The molecule has 10 aliphatic rings. The smallest absolute Gasteiger partial charge is 0.408 e. The molecule has 4 aliphatic carbocycles. The van der Waals surface area contributed by atoms with Crippen molar-refractivity contribution in [1.29, 1.82) is 0 Å². The molecule has 3 aromatic heterocycles. The molecule has 4 saturated carbocycles. The van der Waals surface area contributed by atoms with E-state index < -0.39 is 173 Å². The number of nitrogens with one attached hydrogen (secondary N) is 3. The van der Waals surface area contributed by atoms with Crippen molar-refractivity contribution in [2.75, 3.05) is 41.0 Å². The quantitative estimate of drug-likeness (QED) is 0.0759. The minimum Gasteiger partial charge on any atom is -0.540 e. The number of hydrogen-bond donors (Lipinski definition) is 3. The summed E-state index contributed by atoms with van der Waals surface area (Å²) in [4.78, 5) is 136. The normalized spacial score (nSPS) is 31.3. The number of alkyl carbamates (subject to hydrolysis) is 3. The number of rotatable bonds is 7. The Morgan fingerprint density at radius 3 is 1.12 bits per heavy atom. The zero-order valence-electron chi connectivity index (χ0n) is 79.6. The molecule has 6 amide bonds. The van der Waals surface area contributed by atoms with Crippen LogP contribution in [0.25, 0.3) is 32.7 Å². The Kier molecular flexibility index (Phi) is 33.0. The van der Waals surface area contributed by atoms with Crippen molar-refractivity contribution in [3.05, 3.63) is 89.5 Å². The van der Waals surface area contributed by atoms with E-state index in [0.29, 0.717) is 120 Å². The molecule has 6 aliphatic heterocycles. The Hall–Kier alpha value is -8.75. The van der Waals surface area contributed by atoms with Gasteiger partial charge in [-0.15, -0.1) is 0 Å². The van der Waals surface area contributed by atoms with Crippen LogP contribution in [0.15, 0.2) is 72.8 Å². The van der Waals surface area contributed by atoms with E-state index in [1.165, 1.54) is 54.2 Å². The molecule has 9 heterocycles. The molecular weight excluding hydrogens is 1870 g/mol. The van der Waals surface area contributed by atoms with Gasteiger partial charge in [0.15, 0.2) is 0 Å². The summed E-state index contributed by atoms with van der Waals surface area (Å²) in [5, 5.41) is 9.86. The van der Waals surface area contributed by atoms with E-state index in [1.54, 1.807) is 89.2 Å². The molecule has 135 heavy (non-hydrogen) atoms. The summed E-state index contributed by atoms with van der Waals surface area (Å²) in [7, 11) is 4.53. The van der Waals surface area contributed by atoms with Crippen molar-refractivity contribution < 1.29 is 171 Å². The van der Waals surface area contributed by atoms with Gasteiger partial charge in [0, 0.05) is 124 Å². The first-order valence-electron chi connectivity index (χ1n) is 46.3. The van der Waals surface area contributed by atoms with Crippen molar-refractivity contribution in [3.63, 3.8) is 0 Å². The van der Waals surface area contributed by atoms with E-state index >= 15 is 26.3 Å². The number of hydrogen-bond acceptors (Lipinski definition) is 21. The summed E-state index contributed by atoms with van der Waals surface area (Å²) < 4.78 is 148. The summed E-state index contributed by atoms with van der Waals surface area (Å²) in [5.74, 6) is -11.0. The van der Waals surface area contributed by atoms with Crippen LogP contribution in [0.1, 0.15) is 226 Å². The first-order chi connectivity index (χ1) is 62.2. The van der Waals surface area contributed by atoms with Gasteiger partial charge in [0.05, 0.1) is 74.2 Å². The molecule has 6 bridgehead atoms. The van der Waals surface area contributed by atoms with Crippen LogP contribution in [0.3, 0.4) is 0 Å². The zero-order chi connectivity index (χ0) is 95.6. The number of carbonyl (C=O) groups is 6. The molecule has 6 aromatic rings. The SMILES string of the molecule is CC[C@@H]1[C@@H]2CN(C(=O)[C@H](C(C)(C)C)NC(=O)O[C@]3(C)C[C@H]3CCCCC(F)(F)c3cc4ccc(OC)cc4nc3O2)[C@@H]1[C-]=O.COc1ccc2cc3c(nc2c1)O[C@H]1CN(C(=O)[C@H](C(C)(C)C)NC(=O)O[C@@H]2CC4CC4[C@H]2CCCCC3(F)F)[C@H]([C-]=O)[C@@H]1C.COc1ccc2cc3c(nc2c1)O[C@H]1CN(C(=O)[C@H](C(C)(C)C)NC(=O)O[C@]2(C)C[C@H]2CCCCC3(F)F)[C@H]([C-]=O)[C@@H]1C.[HH].[HH].[V].[V].[V]. The summed E-state index contributed by atoms with van der Waals surface area (Å²) in [6.45, 7) is 25.0. The standard InChI is InChI=1S/C34H42F2N3O6.C33H42F2N3O6.C32H40F2N3O6.3V.2H2/c1-18-26(17-40)39-16-28(18)44-30-24(13-19-9-10-21(43-5)15-25(19)37-30)34(35,36)11-7-6-8-22-23-12-20(23)14-27(22)45-32(42)38-29(31(39)41)33(2,3)4;1-7-22-25(18-39)38-17-26(22)43-28-23(14-19-11-12-21(42-6)15-24(19)36-28)33(34,35)13-9-8-10-20-16-32(20,5)44-30(41)37-27(29(38)40)31(2,3)4;1-18-24(17-38)37-16-25(18)42-27-22(13-19-10-11-21(41-6)14-23(19)35-27)32(33,34)12-8-7-9-20-15-31(20,5)43-29(40)36-26(28(37)39)30(2,3)4;;;;;/h9-10,13,15,18,20,22-23,26-29H,6-8,11-12,14,16H2,1-5H3,(H,38,42);11-12,14-15,20,22,25-27H,7-10,13,16-17H2,1-6H3,(H,37,41);10-11,13-14,18,20,24-26H,7-9,12,15-16H2,1-6H3,(H,36,40);;;;2*1H/q3*-1;;;;;/t18-,20?,22+,23?,26+,27+,28-,29+;20-,22+,25-,26+,27-,32-;18-,20+,24+,25-,26+,31+;;;;;/m010...../s1. The molecule has 20 atom stereocenters. The molecule has 3 aromatic carbocycles. The molecule has 27 nitrogen and oxygen atoms in total. The van der Waals surface area contributed by atoms with Gasteiger partial charge in [-0.3, -0.25) is 14.4 Å². The van der Waals surface area contributed by atoms with Crippen molar-refractivity contribution in [3.8, 4) is 34.9 Å². The predicted octanol–water partition coefficient (Wildman–Crippen LogP) is 17.7. The van der Waals surface area contributed by atoms with Crippen molar-refractivity contribution in [1.82, 2.24) is 45.6 Å². The van der Waals surface area contributed by atoms with E-state index in [-0.39, 0.29) is 156 Å². The van der Waals surface area contributed by atoms with Crippen LogP contribution in [0.2, 0.25) is 0 Å². The number of fused-ring (bicyclic) bond motifs is 17. The van der Waals surface area contributed by atoms with Crippen LogP contribution in [0.4, 0.5) is 40.7 Å². The second kappa shape index (κ2) is 41.7. The van der Waals surface area contributed by atoms with E-state index in [0.717, 1.165) is 12.8 Å². The molecule has 7 fully saturated rings. The van der Waals surface area contributed by atoms with Gasteiger partial charge < -0.3 is 87.7 Å². The number of aromatic nitrogens is 3. The third-order valence-electron chi connectivity index (χ3n) is 29.0. The van der Waals surface area contributed by atoms with E-state index in [1.807, 2.05) is 81.2 Å². The molecule has 3 N–H and O–H groups in total. The van der Waals surface area contributed by atoms with Gasteiger partial charge in [-0.1, -0.05) is 127 Å². The van der Waals surface area contributed by atoms with E-state index in [9.17, 15) is 43.2 Å². The van der Waals surface area contributed by atoms with Crippen LogP contribution < -0.4 is 44.4 Å². The maximum atomic E-state index is 16.1. The fraction of sp³-hybridized carbons (Fsp3) is 0.636. The molecule has 0 spiro atoms.